The maximum absolute atomic E-state index is 13.9. The summed E-state index contributed by atoms with van der Waals surface area (Å²) in [5.41, 5.74) is 7.44. The van der Waals surface area contributed by atoms with E-state index in [0.29, 0.717) is 22.3 Å². The van der Waals surface area contributed by atoms with E-state index in [1.807, 2.05) is 19.1 Å². The number of nitrogen functional groups attached to an aromatic ring is 1. The van der Waals surface area contributed by atoms with Crippen molar-refractivity contribution in [3.63, 3.8) is 0 Å². The minimum atomic E-state index is -0.704. The number of ether oxygens (including phenoxy) is 1. The Balaban J connectivity index is 1.78. The minimum absolute atomic E-state index is 0.107. The Kier molecular flexibility index (Phi) is 4.69. The molecule has 0 aliphatic rings. The molecule has 1 atom stereocenters. The van der Waals surface area contributed by atoms with E-state index >= 15 is 0 Å². The van der Waals surface area contributed by atoms with Gasteiger partial charge in [0.2, 0.25) is 5.75 Å². The van der Waals surface area contributed by atoms with Crippen LogP contribution >= 0.6 is 23.2 Å². The molecule has 0 aliphatic heterocycles. The molecule has 0 amide bonds. The van der Waals surface area contributed by atoms with E-state index in [2.05, 4.69) is 4.98 Å². The number of fused-ring (bicyclic) bond motifs is 1. The molecule has 28 heavy (non-hydrogen) atoms. The molecule has 0 spiro atoms. The van der Waals surface area contributed by atoms with Crippen LogP contribution in [0.5, 0.6) is 5.75 Å². The van der Waals surface area contributed by atoms with Gasteiger partial charge in [-0.1, -0.05) is 23.2 Å². The molecule has 3 aromatic heterocycles. The lowest BCUT2D eigenvalue weighted by atomic mass is 10.1. The summed E-state index contributed by atoms with van der Waals surface area (Å²) in [6, 6.07) is 6.31. The summed E-state index contributed by atoms with van der Waals surface area (Å²) in [6.45, 7) is 3.54. The summed E-state index contributed by atoms with van der Waals surface area (Å²) in [7, 11) is 0. The third-order valence-electron chi connectivity index (χ3n) is 4.39. The van der Waals surface area contributed by atoms with Gasteiger partial charge in [-0.25, -0.2) is 9.37 Å². The minimum Gasteiger partial charge on any atom is -0.478 e. The van der Waals surface area contributed by atoms with Gasteiger partial charge in [-0.2, -0.15) is 0 Å². The molecule has 0 saturated heterocycles. The Hall–Kier alpha value is -2.70. The summed E-state index contributed by atoms with van der Waals surface area (Å²) in [4.78, 5) is 4.19. The number of aromatic nitrogens is 1. The molecule has 2 N–H and O–H groups in total. The summed E-state index contributed by atoms with van der Waals surface area (Å²) >= 11 is 12.3. The van der Waals surface area contributed by atoms with Crippen molar-refractivity contribution in [3.05, 3.63) is 63.9 Å². The number of halogens is 3. The molecule has 1 unspecified atom stereocenters. The Labute approximate surface area is 169 Å². The number of furan rings is 2. The van der Waals surface area contributed by atoms with E-state index in [1.54, 1.807) is 19.4 Å². The normalized spacial score (nSPS) is 12.5. The van der Waals surface area contributed by atoms with Crippen molar-refractivity contribution in [2.75, 3.05) is 5.73 Å². The molecule has 0 saturated carbocycles. The number of rotatable bonds is 4. The molecule has 0 radical (unpaired) electrons. The highest BCUT2D eigenvalue weighted by atomic mass is 35.5. The number of hydrogen-bond acceptors (Lipinski definition) is 5. The number of pyridine rings is 1. The number of nitrogens with zero attached hydrogens (tertiary/aromatic N) is 1. The van der Waals surface area contributed by atoms with Crippen molar-refractivity contribution >= 4 is 40.0 Å². The zero-order valence-corrected chi connectivity index (χ0v) is 16.4. The second-order valence-corrected chi connectivity index (χ2v) is 7.08. The third-order valence-corrected chi connectivity index (χ3v) is 5.10. The maximum atomic E-state index is 13.9. The SMILES string of the molecule is Cc1ccc(-c2coc3c(OC(C)c4c(Cl)ccc(F)c4Cl)c(N)ncc23)o1. The fraction of sp³-hybridized carbons (Fsp3) is 0.150. The average molecular weight is 421 g/mol. The summed E-state index contributed by atoms with van der Waals surface area (Å²) in [5.74, 6) is 1.16. The predicted octanol–water partition coefficient (Wildman–Crippen LogP) is 6.56. The first-order valence-corrected chi connectivity index (χ1v) is 9.15. The van der Waals surface area contributed by atoms with Crippen LogP contribution in [0.3, 0.4) is 0 Å². The van der Waals surface area contributed by atoms with E-state index in [-0.39, 0.29) is 21.6 Å². The van der Waals surface area contributed by atoms with Gasteiger partial charge in [-0.3, -0.25) is 0 Å². The summed E-state index contributed by atoms with van der Waals surface area (Å²) < 4.78 is 31.2. The molecule has 3 heterocycles. The Morgan fingerprint density at radius 2 is 2.00 bits per heavy atom. The number of anilines is 1. The fourth-order valence-electron chi connectivity index (χ4n) is 3.02. The molecule has 0 bridgehead atoms. The second-order valence-electron chi connectivity index (χ2n) is 6.29. The van der Waals surface area contributed by atoms with Gasteiger partial charge in [0.05, 0.1) is 16.0 Å². The van der Waals surface area contributed by atoms with Crippen LogP contribution in [0.25, 0.3) is 22.3 Å². The van der Waals surface area contributed by atoms with Crippen LogP contribution in [-0.4, -0.2) is 4.98 Å². The number of nitrogens with two attached hydrogens (primary N) is 1. The van der Waals surface area contributed by atoms with Crippen LogP contribution in [0.1, 0.15) is 24.4 Å². The first-order chi connectivity index (χ1) is 13.4. The van der Waals surface area contributed by atoms with Crippen molar-refractivity contribution in [1.82, 2.24) is 4.98 Å². The van der Waals surface area contributed by atoms with Crippen molar-refractivity contribution in [3.8, 4) is 17.1 Å². The van der Waals surface area contributed by atoms with Crippen molar-refractivity contribution < 1.29 is 18.0 Å². The van der Waals surface area contributed by atoms with Crippen LogP contribution in [-0.2, 0) is 0 Å². The van der Waals surface area contributed by atoms with E-state index in [9.17, 15) is 4.39 Å². The van der Waals surface area contributed by atoms with E-state index < -0.39 is 11.9 Å². The monoisotopic (exact) mass is 420 g/mol. The Morgan fingerprint density at radius 3 is 2.71 bits per heavy atom. The summed E-state index contributed by atoms with van der Waals surface area (Å²) in [5, 5.41) is 0.843. The lowest BCUT2D eigenvalue weighted by molar-refractivity contribution is 0.227. The second kappa shape index (κ2) is 7.04. The predicted molar refractivity (Wildman–Crippen MR) is 106 cm³/mol. The van der Waals surface area contributed by atoms with Gasteiger partial charge in [0.1, 0.15) is 29.7 Å². The molecule has 5 nitrogen and oxygen atoms in total. The highest BCUT2D eigenvalue weighted by Crippen LogP contribution is 2.41. The first-order valence-electron chi connectivity index (χ1n) is 8.39. The lowest BCUT2D eigenvalue weighted by Gasteiger charge is -2.18. The molecular formula is C20H15Cl2FN2O3. The molecule has 1 aromatic carbocycles. The van der Waals surface area contributed by atoms with Gasteiger partial charge in [0.25, 0.3) is 0 Å². The van der Waals surface area contributed by atoms with Crippen molar-refractivity contribution in [2.24, 2.45) is 0 Å². The molecule has 4 aromatic rings. The molecule has 144 valence electrons. The Morgan fingerprint density at radius 1 is 1.21 bits per heavy atom. The lowest BCUT2D eigenvalue weighted by Crippen LogP contribution is -2.08. The highest BCUT2D eigenvalue weighted by molar-refractivity contribution is 6.36. The zero-order valence-electron chi connectivity index (χ0n) is 14.9. The van der Waals surface area contributed by atoms with Crippen molar-refractivity contribution in [1.29, 1.82) is 0 Å². The van der Waals surface area contributed by atoms with Crippen LogP contribution in [0.2, 0.25) is 10.0 Å². The van der Waals surface area contributed by atoms with Crippen LogP contribution in [0, 0.1) is 12.7 Å². The first kappa shape index (κ1) is 18.7. The van der Waals surface area contributed by atoms with E-state index in [0.717, 1.165) is 11.3 Å². The smallest absolute Gasteiger partial charge is 0.205 e. The van der Waals surface area contributed by atoms with Crippen LogP contribution in [0.4, 0.5) is 10.2 Å². The fourth-order valence-corrected chi connectivity index (χ4v) is 3.69. The van der Waals surface area contributed by atoms with E-state index in [4.69, 9.17) is 42.5 Å². The molecule has 0 aliphatic carbocycles. The van der Waals surface area contributed by atoms with Gasteiger partial charge < -0.3 is 19.3 Å². The molecule has 4 rings (SSSR count). The van der Waals surface area contributed by atoms with Gasteiger partial charge in [0, 0.05) is 16.8 Å². The topological polar surface area (TPSA) is 74.4 Å². The van der Waals surface area contributed by atoms with Crippen LogP contribution in [0.15, 0.2) is 45.6 Å². The van der Waals surface area contributed by atoms with Gasteiger partial charge in [-0.15, -0.1) is 0 Å². The van der Waals surface area contributed by atoms with Gasteiger partial charge in [-0.05, 0) is 38.1 Å². The molecular weight excluding hydrogens is 406 g/mol. The average Bonchev–Trinajstić information content (AvgIpc) is 3.27. The van der Waals surface area contributed by atoms with Gasteiger partial charge in [0.15, 0.2) is 11.4 Å². The molecule has 0 fully saturated rings. The van der Waals surface area contributed by atoms with Crippen LogP contribution < -0.4 is 10.5 Å². The third kappa shape index (κ3) is 3.08. The number of aryl methyl sites for hydroxylation is 1. The summed E-state index contributed by atoms with van der Waals surface area (Å²) in [6.07, 6.45) is 2.43. The van der Waals surface area contributed by atoms with Gasteiger partial charge >= 0.3 is 0 Å². The highest BCUT2D eigenvalue weighted by Gasteiger charge is 2.23. The number of hydrogen-bond donors (Lipinski definition) is 1. The standard InChI is InChI=1S/C20H15Cl2FN2O3/c1-9-3-6-15(27-9)12-8-26-18-11(12)7-25-20(24)19(18)28-10(2)16-13(21)4-5-14(23)17(16)22/h3-8,10H,1-2H3,(H2,24,25). The number of benzene rings is 1. The van der Waals surface area contributed by atoms with Crippen molar-refractivity contribution in [2.45, 2.75) is 20.0 Å². The van der Waals surface area contributed by atoms with E-state index in [1.165, 1.54) is 12.1 Å². The Bertz CT molecular complexity index is 1190. The zero-order chi connectivity index (χ0) is 20.0. The quantitative estimate of drug-likeness (QED) is 0.378. The maximum Gasteiger partial charge on any atom is 0.205 e. The molecule has 8 heteroatoms. The largest absolute Gasteiger partial charge is 0.478 e.